The molecule has 0 bridgehead atoms. The summed E-state index contributed by atoms with van der Waals surface area (Å²) in [6, 6.07) is 4.63. The van der Waals surface area contributed by atoms with Gasteiger partial charge in [0.1, 0.15) is 5.69 Å². The molecule has 6 nitrogen and oxygen atoms in total. The second-order valence-electron chi connectivity index (χ2n) is 4.84. The molecule has 1 saturated heterocycles. The van der Waals surface area contributed by atoms with Crippen LogP contribution in [0.5, 0.6) is 0 Å². The number of nitrogens with one attached hydrogen (secondary N) is 1. The van der Waals surface area contributed by atoms with Crippen molar-refractivity contribution in [1.82, 2.24) is 14.8 Å². The van der Waals surface area contributed by atoms with Gasteiger partial charge in [0.05, 0.1) is 11.0 Å². The van der Waals surface area contributed by atoms with Crippen LogP contribution in [-0.2, 0) is 0 Å². The summed E-state index contributed by atoms with van der Waals surface area (Å²) in [4.78, 5) is 30.4. The SMILES string of the molecule is CC(C(N)=S)N1CCN(C(=O)c2cccc(=O)[nH]2)CC1. The second kappa shape index (κ2) is 6.15. The average molecular weight is 294 g/mol. The highest BCUT2D eigenvalue weighted by Gasteiger charge is 2.25. The number of carbonyl (C=O) groups is 1. The van der Waals surface area contributed by atoms with E-state index in [0.717, 1.165) is 13.1 Å². The van der Waals surface area contributed by atoms with Crippen molar-refractivity contribution in [3.05, 3.63) is 34.2 Å². The fraction of sp³-hybridized carbons (Fsp3) is 0.462. The molecule has 1 amide bonds. The van der Waals surface area contributed by atoms with Crippen LogP contribution in [0.1, 0.15) is 17.4 Å². The van der Waals surface area contributed by atoms with E-state index in [0.29, 0.717) is 23.8 Å². The van der Waals surface area contributed by atoms with Gasteiger partial charge in [-0.05, 0) is 13.0 Å². The number of rotatable bonds is 3. The van der Waals surface area contributed by atoms with E-state index in [9.17, 15) is 9.59 Å². The molecule has 1 aromatic heterocycles. The molecule has 1 atom stereocenters. The first-order valence-electron chi connectivity index (χ1n) is 6.51. The molecule has 0 aromatic carbocycles. The standard InChI is InChI=1S/C13H18N4O2S/c1-9(12(14)20)16-5-7-17(8-6-16)13(19)10-3-2-4-11(18)15-10/h2-4,9H,5-8H2,1H3,(H2,14,20)(H,15,18). The van der Waals surface area contributed by atoms with Crippen LogP contribution in [-0.4, -0.2) is 57.9 Å². The van der Waals surface area contributed by atoms with Crippen molar-refractivity contribution in [2.24, 2.45) is 5.73 Å². The Kier molecular flexibility index (Phi) is 4.51. The van der Waals surface area contributed by atoms with E-state index in [1.807, 2.05) is 6.92 Å². The zero-order valence-corrected chi connectivity index (χ0v) is 12.2. The van der Waals surface area contributed by atoms with Gasteiger partial charge in [0.25, 0.3) is 5.91 Å². The Bertz CT molecular complexity index is 563. The van der Waals surface area contributed by atoms with Crippen LogP contribution in [0.15, 0.2) is 23.0 Å². The van der Waals surface area contributed by atoms with Crippen LogP contribution in [0.2, 0.25) is 0 Å². The highest BCUT2D eigenvalue weighted by atomic mass is 32.1. The van der Waals surface area contributed by atoms with Crippen molar-refractivity contribution in [3.8, 4) is 0 Å². The van der Waals surface area contributed by atoms with E-state index in [2.05, 4.69) is 9.88 Å². The topological polar surface area (TPSA) is 82.4 Å². The monoisotopic (exact) mass is 294 g/mol. The van der Waals surface area contributed by atoms with Gasteiger partial charge >= 0.3 is 0 Å². The molecule has 1 unspecified atom stereocenters. The number of nitrogens with zero attached hydrogens (tertiary/aromatic N) is 2. The Balaban J connectivity index is 1.99. The van der Waals surface area contributed by atoms with Gasteiger partial charge in [-0.2, -0.15) is 0 Å². The lowest BCUT2D eigenvalue weighted by molar-refractivity contribution is 0.0615. The van der Waals surface area contributed by atoms with Gasteiger partial charge in [-0.25, -0.2) is 0 Å². The number of nitrogens with two attached hydrogens (primary N) is 1. The summed E-state index contributed by atoms with van der Waals surface area (Å²) in [5.74, 6) is -0.148. The predicted octanol–water partition coefficient (Wildman–Crippen LogP) is -0.193. The van der Waals surface area contributed by atoms with Crippen LogP contribution in [0.4, 0.5) is 0 Å². The number of hydrogen-bond acceptors (Lipinski definition) is 4. The Morgan fingerprint density at radius 1 is 1.35 bits per heavy atom. The van der Waals surface area contributed by atoms with Crippen LogP contribution in [0.25, 0.3) is 0 Å². The van der Waals surface area contributed by atoms with Crippen molar-refractivity contribution >= 4 is 23.1 Å². The molecule has 0 radical (unpaired) electrons. The summed E-state index contributed by atoms with van der Waals surface area (Å²) in [5.41, 5.74) is 5.70. The number of H-pyrrole nitrogens is 1. The number of thiocarbonyl (C=S) groups is 1. The lowest BCUT2D eigenvalue weighted by Crippen LogP contribution is -2.54. The van der Waals surface area contributed by atoms with Gasteiger partial charge in [0.15, 0.2) is 0 Å². The first-order chi connectivity index (χ1) is 9.49. The number of carbonyl (C=O) groups excluding carboxylic acids is 1. The maximum atomic E-state index is 12.2. The Hall–Kier alpha value is -1.73. The van der Waals surface area contributed by atoms with Crippen molar-refractivity contribution in [2.45, 2.75) is 13.0 Å². The highest BCUT2D eigenvalue weighted by molar-refractivity contribution is 7.80. The van der Waals surface area contributed by atoms with Gasteiger partial charge < -0.3 is 15.6 Å². The van der Waals surface area contributed by atoms with Crippen molar-refractivity contribution in [2.75, 3.05) is 26.2 Å². The Labute approximate surface area is 122 Å². The maximum Gasteiger partial charge on any atom is 0.270 e. The minimum Gasteiger partial charge on any atom is -0.392 e. The van der Waals surface area contributed by atoms with E-state index < -0.39 is 0 Å². The van der Waals surface area contributed by atoms with Crippen molar-refractivity contribution in [3.63, 3.8) is 0 Å². The van der Waals surface area contributed by atoms with E-state index in [-0.39, 0.29) is 17.5 Å². The third-order valence-corrected chi connectivity index (χ3v) is 3.90. The molecule has 0 saturated carbocycles. The third-order valence-electron chi connectivity index (χ3n) is 3.56. The van der Waals surface area contributed by atoms with Gasteiger partial charge in [0.2, 0.25) is 5.56 Å². The molecular formula is C13H18N4O2S. The van der Waals surface area contributed by atoms with E-state index in [4.69, 9.17) is 18.0 Å². The fourth-order valence-electron chi connectivity index (χ4n) is 2.24. The normalized spacial score (nSPS) is 17.8. The van der Waals surface area contributed by atoms with Crippen LogP contribution in [0, 0.1) is 0 Å². The molecule has 3 N–H and O–H groups in total. The number of piperazine rings is 1. The molecule has 1 aromatic rings. The first-order valence-corrected chi connectivity index (χ1v) is 6.92. The first kappa shape index (κ1) is 14.7. The number of hydrogen-bond donors (Lipinski definition) is 2. The van der Waals surface area contributed by atoms with Gasteiger partial charge in [-0.15, -0.1) is 0 Å². The number of pyridine rings is 1. The molecule has 2 heterocycles. The molecule has 0 spiro atoms. The number of aromatic amines is 1. The quantitative estimate of drug-likeness (QED) is 0.755. The van der Waals surface area contributed by atoms with E-state index in [1.165, 1.54) is 6.07 Å². The van der Waals surface area contributed by atoms with Gasteiger partial charge in [-0.1, -0.05) is 18.3 Å². The maximum absolute atomic E-state index is 12.2. The molecule has 20 heavy (non-hydrogen) atoms. The van der Waals surface area contributed by atoms with Crippen LogP contribution in [0.3, 0.4) is 0 Å². The molecule has 1 aliphatic heterocycles. The lowest BCUT2D eigenvalue weighted by Gasteiger charge is -2.37. The predicted molar refractivity (Wildman–Crippen MR) is 80.8 cm³/mol. The minimum atomic E-state index is -0.267. The largest absolute Gasteiger partial charge is 0.392 e. The Morgan fingerprint density at radius 2 is 2.00 bits per heavy atom. The number of amides is 1. The average Bonchev–Trinajstić information content (AvgIpc) is 2.46. The summed E-state index contributed by atoms with van der Waals surface area (Å²) in [6.07, 6.45) is 0. The summed E-state index contributed by atoms with van der Waals surface area (Å²) in [6.45, 7) is 4.61. The summed E-state index contributed by atoms with van der Waals surface area (Å²) in [7, 11) is 0. The Morgan fingerprint density at radius 3 is 2.55 bits per heavy atom. The fourth-order valence-corrected chi connectivity index (χ4v) is 2.38. The van der Waals surface area contributed by atoms with Gasteiger partial charge in [0, 0.05) is 32.2 Å². The smallest absolute Gasteiger partial charge is 0.270 e. The molecular weight excluding hydrogens is 276 g/mol. The number of aromatic nitrogens is 1. The summed E-state index contributed by atoms with van der Waals surface area (Å²) in [5, 5.41) is 0. The molecule has 2 rings (SSSR count). The van der Waals surface area contributed by atoms with Crippen molar-refractivity contribution < 1.29 is 4.79 Å². The highest BCUT2D eigenvalue weighted by Crippen LogP contribution is 2.09. The minimum absolute atomic E-state index is 0.0405. The molecule has 1 fully saturated rings. The molecule has 1 aliphatic rings. The van der Waals surface area contributed by atoms with Crippen LogP contribution < -0.4 is 11.3 Å². The zero-order valence-electron chi connectivity index (χ0n) is 11.3. The van der Waals surface area contributed by atoms with Crippen LogP contribution >= 0.6 is 12.2 Å². The van der Waals surface area contributed by atoms with E-state index in [1.54, 1.807) is 17.0 Å². The summed E-state index contributed by atoms with van der Waals surface area (Å²) >= 11 is 4.99. The summed E-state index contributed by atoms with van der Waals surface area (Å²) < 4.78 is 0. The van der Waals surface area contributed by atoms with E-state index >= 15 is 0 Å². The lowest BCUT2D eigenvalue weighted by atomic mass is 10.2. The molecule has 108 valence electrons. The van der Waals surface area contributed by atoms with Crippen molar-refractivity contribution in [1.29, 1.82) is 0 Å². The molecule has 0 aliphatic carbocycles. The molecule has 7 heteroatoms. The second-order valence-corrected chi connectivity index (χ2v) is 5.31. The zero-order chi connectivity index (χ0) is 14.7. The van der Waals surface area contributed by atoms with Gasteiger partial charge in [-0.3, -0.25) is 14.5 Å². The third kappa shape index (κ3) is 3.23.